The Balaban J connectivity index is 1.67. The number of hydrogen-bond acceptors (Lipinski definition) is 4. The summed E-state index contributed by atoms with van der Waals surface area (Å²) in [5, 5.41) is 4.99. The number of rotatable bonds is 6. The van der Waals surface area contributed by atoms with E-state index in [0.29, 0.717) is 40.3 Å². The van der Waals surface area contributed by atoms with Crippen molar-refractivity contribution in [3.8, 4) is 11.5 Å². The van der Waals surface area contributed by atoms with Gasteiger partial charge in [-0.2, -0.15) is 0 Å². The number of fused-ring (bicyclic) bond motifs is 1. The molecule has 0 unspecified atom stereocenters. The molecule has 0 spiro atoms. The largest absolute Gasteiger partial charge is 0.493 e. The number of aromatic amines is 1. The highest BCUT2D eigenvalue weighted by molar-refractivity contribution is 7.80. The van der Waals surface area contributed by atoms with Crippen LogP contribution in [0, 0.1) is 13.8 Å². The molecule has 7 heteroatoms. The van der Waals surface area contributed by atoms with E-state index >= 15 is 0 Å². The Hall–Kier alpha value is -3.06. The van der Waals surface area contributed by atoms with Crippen LogP contribution in [-0.2, 0) is 6.54 Å². The zero-order valence-corrected chi connectivity index (χ0v) is 20.5. The number of ether oxygens (including phenoxy) is 2. The topological polar surface area (TPSA) is 66.6 Å². The molecule has 0 aliphatic heterocycles. The quantitative estimate of drug-likeness (QED) is 0.482. The number of nitrogens with one attached hydrogen (secondary N) is 2. The Bertz CT molecular complexity index is 1230. The van der Waals surface area contributed by atoms with E-state index in [0.717, 1.165) is 23.9 Å². The Kier molecular flexibility index (Phi) is 6.88. The van der Waals surface area contributed by atoms with Gasteiger partial charge in [0.25, 0.3) is 5.56 Å². The summed E-state index contributed by atoms with van der Waals surface area (Å²) in [5.41, 5.74) is 4.66. The van der Waals surface area contributed by atoms with E-state index in [-0.39, 0.29) is 5.56 Å². The van der Waals surface area contributed by atoms with Gasteiger partial charge >= 0.3 is 0 Å². The lowest BCUT2D eigenvalue weighted by Gasteiger charge is -2.32. The van der Waals surface area contributed by atoms with Gasteiger partial charge in [-0.15, -0.1) is 0 Å². The molecule has 3 aromatic rings. The molecule has 1 heterocycles. The Morgan fingerprint density at radius 3 is 2.52 bits per heavy atom. The Morgan fingerprint density at radius 1 is 1.12 bits per heavy atom. The molecule has 1 fully saturated rings. The first-order valence-electron chi connectivity index (χ1n) is 11.3. The smallest absolute Gasteiger partial charge is 0.253 e. The van der Waals surface area contributed by atoms with Crippen molar-refractivity contribution in [1.29, 1.82) is 0 Å². The normalized spacial score (nSPS) is 13.8. The van der Waals surface area contributed by atoms with E-state index < -0.39 is 0 Å². The van der Waals surface area contributed by atoms with E-state index in [4.69, 9.17) is 21.7 Å². The summed E-state index contributed by atoms with van der Waals surface area (Å²) in [6, 6.07) is 12.1. The summed E-state index contributed by atoms with van der Waals surface area (Å²) in [6.07, 6.45) is 4.51. The minimum Gasteiger partial charge on any atom is -0.493 e. The van der Waals surface area contributed by atoms with Crippen LogP contribution in [-0.4, -0.2) is 35.3 Å². The predicted octanol–water partition coefficient (Wildman–Crippen LogP) is 5.30. The molecule has 0 bridgehead atoms. The average Bonchev–Trinajstić information content (AvgIpc) is 3.34. The van der Waals surface area contributed by atoms with Crippen molar-refractivity contribution in [3.63, 3.8) is 0 Å². The van der Waals surface area contributed by atoms with Crippen LogP contribution in [0.3, 0.4) is 0 Å². The fourth-order valence-electron chi connectivity index (χ4n) is 4.54. The zero-order valence-electron chi connectivity index (χ0n) is 19.7. The van der Waals surface area contributed by atoms with Crippen molar-refractivity contribution in [2.45, 2.75) is 52.1 Å². The molecule has 2 N–H and O–H groups in total. The second-order valence-electron chi connectivity index (χ2n) is 8.66. The number of aryl methyl sites for hydroxylation is 1. The lowest BCUT2D eigenvalue weighted by atomic mass is 10.1. The summed E-state index contributed by atoms with van der Waals surface area (Å²) < 4.78 is 10.8. The summed E-state index contributed by atoms with van der Waals surface area (Å²) in [6.45, 7) is 4.63. The molecular weight excluding hydrogens is 434 g/mol. The average molecular weight is 466 g/mol. The van der Waals surface area contributed by atoms with Crippen LogP contribution in [0.15, 0.2) is 41.2 Å². The van der Waals surface area contributed by atoms with E-state index in [9.17, 15) is 4.79 Å². The summed E-state index contributed by atoms with van der Waals surface area (Å²) >= 11 is 5.87. The molecule has 0 saturated heterocycles. The highest BCUT2D eigenvalue weighted by atomic mass is 32.1. The minimum absolute atomic E-state index is 0.118. The van der Waals surface area contributed by atoms with Gasteiger partial charge < -0.3 is 24.7 Å². The second-order valence-corrected chi connectivity index (χ2v) is 9.05. The van der Waals surface area contributed by atoms with Crippen molar-refractivity contribution in [2.75, 3.05) is 19.5 Å². The van der Waals surface area contributed by atoms with Crippen LogP contribution in [0.5, 0.6) is 11.5 Å². The molecule has 6 nitrogen and oxygen atoms in total. The molecule has 1 aliphatic rings. The molecule has 1 saturated carbocycles. The fraction of sp³-hybridized carbons (Fsp3) is 0.385. The van der Waals surface area contributed by atoms with E-state index in [1.165, 1.54) is 24.0 Å². The summed E-state index contributed by atoms with van der Waals surface area (Å²) in [5.74, 6) is 1.21. The third-order valence-corrected chi connectivity index (χ3v) is 6.98. The standard InChI is InChI=1S/C26H31N3O3S/c1-16-8-7-11-21(17(16)2)28-26(33)29(20-9-5-6-10-20)15-19-12-18-13-23(31-3)24(32-4)14-22(18)27-25(19)30/h7-8,11-14,20H,5-6,9-10,15H2,1-4H3,(H,27,30)(H,28,33). The number of thiocarbonyl (C=S) groups is 1. The first-order valence-corrected chi connectivity index (χ1v) is 11.7. The van der Waals surface area contributed by atoms with Crippen molar-refractivity contribution < 1.29 is 9.47 Å². The number of anilines is 1. The third-order valence-electron chi connectivity index (χ3n) is 6.64. The van der Waals surface area contributed by atoms with Gasteiger partial charge in [-0.05, 0) is 68.2 Å². The molecule has 0 radical (unpaired) electrons. The molecule has 0 amide bonds. The molecule has 4 rings (SSSR count). The molecule has 1 aliphatic carbocycles. The van der Waals surface area contributed by atoms with Crippen LogP contribution in [0.25, 0.3) is 10.9 Å². The SMILES string of the molecule is COc1cc2cc(CN(C(=S)Nc3cccc(C)c3C)C3CCCC3)c(=O)[nH]c2cc1OC. The number of pyridine rings is 1. The Labute approximate surface area is 199 Å². The zero-order chi connectivity index (χ0) is 23.5. The Morgan fingerprint density at radius 2 is 1.82 bits per heavy atom. The van der Waals surface area contributed by atoms with Crippen LogP contribution < -0.4 is 20.3 Å². The first-order chi connectivity index (χ1) is 15.9. The molecule has 33 heavy (non-hydrogen) atoms. The molecular formula is C26H31N3O3S. The number of aromatic nitrogens is 1. The monoisotopic (exact) mass is 465 g/mol. The molecule has 174 valence electrons. The second kappa shape index (κ2) is 9.83. The highest BCUT2D eigenvalue weighted by Gasteiger charge is 2.26. The number of hydrogen-bond donors (Lipinski definition) is 2. The van der Waals surface area contributed by atoms with E-state index in [1.807, 2.05) is 24.3 Å². The van der Waals surface area contributed by atoms with Gasteiger partial charge in [-0.1, -0.05) is 25.0 Å². The summed E-state index contributed by atoms with van der Waals surface area (Å²) in [7, 11) is 3.19. The molecule has 0 atom stereocenters. The maximum absolute atomic E-state index is 13.0. The van der Waals surface area contributed by atoms with Gasteiger partial charge in [0.15, 0.2) is 16.6 Å². The van der Waals surface area contributed by atoms with Gasteiger partial charge in [0.1, 0.15) is 0 Å². The van der Waals surface area contributed by atoms with Gasteiger partial charge in [0.2, 0.25) is 0 Å². The van der Waals surface area contributed by atoms with Crippen molar-refractivity contribution >= 4 is 33.9 Å². The van der Waals surface area contributed by atoms with Crippen molar-refractivity contribution in [3.05, 3.63) is 63.4 Å². The lowest BCUT2D eigenvalue weighted by molar-refractivity contribution is 0.311. The number of methoxy groups -OCH3 is 2. The van der Waals surface area contributed by atoms with Crippen LogP contribution in [0.4, 0.5) is 5.69 Å². The summed E-state index contributed by atoms with van der Waals surface area (Å²) in [4.78, 5) is 18.2. The minimum atomic E-state index is -0.118. The van der Waals surface area contributed by atoms with E-state index in [2.05, 4.69) is 35.1 Å². The van der Waals surface area contributed by atoms with Gasteiger partial charge in [0.05, 0.1) is 26.3 Å². The van der Waals surface area contributed by atoms with Crippen LogP contribution in [0.2, 0.25) is 0 Å². The first kappa shape index (κ1) is 23.1. The van der Waals surface area contributed by atoms with Crippen molar-refractivity contribution in [1.82, 2.24) is 9.88 Å². The molecule has 2 aromatic carbocycles. The van der Waals surface area contributed by atoms with E-state index in [1.54, 1.807) is 20.3 Å². The highest BCUT2D eigenvalue weighted by Crippen LogP contribution is 2.32. The predicted molar refractivity (Wildman–Crippen MR) is 138 cm³/mol. The maximum Gasteiger partial charge on any atom is 0.253 e. The maximum atomic E-state index is 13.0. The fourth-order valence-corrected chi connectivity index (χ4v) is 4.86. The van der Waals surface area contributed by atoms with Crippen LogP contribution in [0.1, 0.15) is 42.4 Å². The number of H-pyrrole nitrogens is 1. The lowest BCUT2D eigenvalue weighted by Crippen LogP contribution is -2.42. The van der Waals surface area contributed by atoms with Gasteiger partial charge in [0, 0.05) is 28.7 Å². The van der Waals surface area contributed by atoms with Gasteiger partial charge in [-0.25, -0.2) is 0 Å². The number of nitrogens with zero attached hydrogens (tertiary/aromatic N) is 1. The van der Waals surface area contributed by atoms with Crippen molar-refractivity contribution in [2.24, 2.45) is 0 Å². The molecule has 1 aromatic heterocycles. The third kappa shape index (κ3) is 4.83. The van der Waals surface area contributed by atoms with Gasteiger partial charge in [-0.3, -0.25) is 4.79 Å². The number of benzene rings is 2. The van der Waals surface area contributed by atoms with Crippen LogP contribution >= 0.6 is 12.2 Å².